The summed E-state index contributed by atoms with van der Waals surface area (Å²) in [5.74, 6) is 0.684. The molecule has 4 nitrogen and oxygen atoms in total. The van der Waals surface area contributed by atoms with Crippen molar-refractivity contribution in [3.05, 3.63) is 35.4 Å². The van der Waals surface area contributed by atoms with Gasteiger partial charge in [0.2, 0.25) is 0 Å². The molecule has 178 valence electrons. The van der Waals surface area contributed by atoms with E-state index in [1.807, 2.05) is 0 Å². The summed E-state index contributed by atoms with van der Waals surface area (Å²) in [5, 5.41) is 3.56. The topological polar surface area (TPSA) is 33.7 Å². The zero-order valence-corrected chi connectivity index (χ0v) is 21.1. The van der Waals surface area contributed by atoms with Gasteiger partial charge < -0.3 is 19.7 Å². The lowest BCUT2D eigenvalue weighted by atomic mass is 9.98. The number of piperidine rings is 1. The average Bonchev–Trinajstić information content (AvgIpc) is 2.70. The van der Waals surface area contributed by atoms with Crippen LogP contribution in [-0.4, -0.2) is 55.5 Å². The van der Waals surface area contributed by atoms with Crippen molar-refractivity contribution in [1.82, 2.24) is 10.2 Å². The molecule has 1 aromatic carbocycles. The van der Waals surface area contributed by atoms with Gasteiger partial charge in [0.1, 0.15) is 0 Å². The Kier molecular flexibility index (Phi) is 11.0. The van der Waals surface area contributed by atoms with Crippen LogP contribution in [0.2, 0.25) is 0 Å². The summed E-state index contributed by atoms with van der Waals surface area (Å²) >= 11 is 0. The van der Waals surface area contributed by atoms with Gasteiger partial charge >= 0.3 is 0 Å². The minimum absolute atomic E-state index is 0.0270. The maximum absolute atomic E-state index is 6.00. The Balaban J connectivity index is 1.54. The minimum Gasteiger partial charge on any atom is -0.381 e. The summed E-state index contributed by atoms with van der Waals surface area (Å²) in [6, 6.07) is 8.94. The Bertz CT molecular complexity index is 618. The SMILES string of the molecule is CC(C)(C)NCc1cccc(CCCOCCCN2CCCC(COC(C)(C)C)C2)c1. The molecule has 4 heteroatoms. The van der Waals surface area contributed by atoms with Gasteiger partial charge in [-0.1, -0.05) is 24.3 Å². The first-order valence-corrected chi connectivity index (χ1v) is 12.4. The molecule has 1 aliphatic heterocycles. The van der Waals surface area contributed by atoms with Crippen LogP contribution in [0.15, 0.2) is 24.3 Å². The monoisotopic (exact) mass is 432 g/mol. The number of benzene rings is 1. The summed E-state index contributed by atoms with van der Waals surface area (Å²) in [6.07, 6.45) is 5.90. The van der Waals surface area contributed by atoms with Crippen molar-refractivity contribution in [3.8, 4) is 0 Å². The van der Waals surface area contributed by atoms with Crippen molar-refractivity contribution in [1.29, 1.82) is 0 Å². The molecular formula is C27H48N2O2. The lowest BCUT2D eigenvalue weighted by molar-refractivity contribution is -0.0351. The zero-order chi connectivity index (χ0) is 22.7. The maximum atomic E-state index is 6.00. The smallest absolute Gasteiger partial charge is 0.0598 e. The molecule has 0 radical (unpaired) electrons. The maximum Gasteiger partial charge on any atom is 0.0598 e. The van der Waals surface area contributed by atoms with Gasteiger partial charge in [0.15, 0.2) is 0 Å². The molecular weight excluding hydrogens is 384 g/mol. The molecule has 1 heterocycles. The van der Waals surface area contributed by atoms with E-state index < -0.39 is 0 Å². The van der Waals surface area contributed by atoms with E-state index in [-0.39, 0.29) is 11.1 Å². The molecule has 2 rings (SSSR count). The second-order valence-corrected chi connectivity index (χ2v) is 11.2. The van der Waals surface area contributed by atoms with Crippen LogP contribution >= 0.6 is 0 Å². The van der Waals surface area contributed by atoms with Crippen LogP contribution < -0.4 is 5.32 Å². The Morgan fingerprint density at radius 1 is 1.03 bits per heavy atom. The number of hydrogen-bond donors (Lipinski definition) is 1. The van der Waals surface area contributed by atoms with Crippen LogP contribution in [0.1, 0.15) is 78.4 Å². The molecule has 1 saturated heterocycles. The van der Waals surface area contributed by atoms with E-state index in [4.69, 9.17) is 9.47 Å². The van der Waals surface area contributed by atoms with Gasteiger partial charge in [0.25, 0.3) is 0 Å². The largest absolute Gasteiger partial charge is 0.381 e. The van der Waals surface area contributed by atoms with Crippen LogP contribution in [0.5, 0.6) is 0 Å². The molecule has 0 spiro atoms. The average molecular weight is 433 g/mol. The standard InChI is InChI=1S/C27H48N2O2/c1-26(2,3)28-20-24-12-7-11-23(19-24)14-9-17-30-18-10-16-29-15-8-13-25(21-29)22-31-27(4,5)6/h7,11-12,19,25,28H,8-10,13-18,20-22H2,1-6H3. The quantitative estimate of drug-likeness (QED) is 0.446. The summed E-state index contributed by atoms with van der Waals surface area (Å²) in [7, 11) is 0. The van der Waals surface area contributed by atoms with Crippen molar-refractivity contribution in [3.63, 3.8) is 0 Å². The van der Waals surface area contributed by atoms with E-state index in [1.165, 1.54) is 37.1 Å². The van der Waals surface area contributed by atoms with Crippen LogP contribution in [-0.2, 0) is 22.4 Å². The molecule has 31 heavy (non-hydrogen) atoms. The highest BCUT2D eigenvalue weighted by molar-refractivity contribution is 5.23. The minimum atomic E-state index is -0.0270. The van der Waals surface area contributed by atoms with Crippen molar-refractivity contribution in [2.75, 3.05) is 39.5 Å². The van der Waals surface area contributed by atoms with Crippen molar-refractivity contribution in [2.45, 2.75) is 91.3 Å². The van der Waals surface area contributed by atoms with E-state index in [9.17, 15) is 0 Å². The van der Waals surface area contributed by atoms with Crippen molar-refractivity contribution >= 4 is 0 Å². The summed E-state index contributed by atoms with van der Waals surface area (Å²) < 4.78 is 11.9. The van der Waals surface area contributed by atoms with Crippen LogP contribution in [0.25, 0.3) is 0 Å². The molecule has 0 aliphatic carbocycles. The number of nitrogens with one attached hydrogen (secondary N) is 1. The molecule has 1 aliphatic rings. The third-order valence-corrected chi connectivity index (χ3v) is 5.69. The Morgan fingerprint density at radius 3 is 2.52 bits per heavy atom. The molecule has 1 N–H and O–H groups in total. The number of ether oxygens (including phenoxy) is 2. The summed E-state index contributed by atoms with van der Waals surface area (Å²) in [4.78, 5) is 2.60. The van der Waals surface area contributed by atoms with E-state index in [0.717, 1.165) is 52.2 Å². The number of likely N-dealkylation sites (tertiary alicyclic amines) is 1. The van der Waals surface area contributed by atoms with Crippen molar-refractivity contribution < 1.29 is 9.47 Å². The molecule has 0 saturated carbocycles. The van der Waals surface area contributed by atoms with Gasteiger partial charge in [-0.3, -0.25) is 0 Å². The first-order chi connectivity index (χ1) is 14.6. The van der Waals surface area contributed by atoms with Gasteiger partial charge in [0.05, 0.1) is 12.2 Å². The molecule has 1 aromatic rings. The first-order valence-electron chi connectivity index (χ1n) is 12.4. The van der Waals surface area contributed by atoms with E-state index in [0.29, 0.717) is 5.92 Å². The number of aryl methyl sites for hydroxylation is 1. The van der Waals surface area contributed by atoms with Crippen LogP contribution in [0.4, 0.5) is 0 Å². The highest BCUT2D eigenvalue weighted by Crippen LogP contribution is 2.19. The molecule has 1 unspecified atom stereocenters. The predicted molar refractivity (Wildman–Crippen MR) is 132 cm³/mol. The second-order valence-electron chi connectivity index (χ2n) is 11.2. The third-order valence-electron chi connectivity index (χ3n) is 5.69. The van der Waals surface area contributed by atoms with Gasteiger partial charge in [-0.25, -0.2) is 0 Å². The summed E-state index contributed by atoms with van der Waals surface area (Å²) in [6.45, 7) is 20.2. The lowest BCUT2D eigenvalue weighted by Crippen LogP contribution is -2.39. The first kappa shape index (κ1) is 26.3. The van der Waals surface area contributed by atoms with Crippen LogP contribution in [0.3, 0.4) is 0 Å². The molecule has 0 bridgehead atoms. The molecule has 1 fully saturated rings. The fraction of sp³-hybridized carbons (Fsp3) is 0.778. The Hall–Kier alpha value is -0.940. The lowest BCUT2D eigenvalue weighted by Gasteiger charge is -2.34. The van der Waals surface area contributed by atoms with Gasteiger partial charge in [-0.05, 0) is 97.2 Å². The van der Waals surface area contributed by atoms with Crippen LogP contribution in [0, 0.1) is 5.92 Å². The van der Waals surface area contributed by atoms with Crippen molar-refractivity contribution in [2.24, 2.45) is 5.92 Å². The van der Waals surface area contributed by atoms with Gasteiger partial charge in [-0.2, -0.15) is 0 Å². The Labute approximate surface area is 192 Å². The predicted octanol–water partition coefficient (Wildman–Crippen LogP) is 5.44. The van der Waals surface area contributed by atoms with E-state index in [1.54, 1.807) is 0 Å². The third kappa shape index (κ3) is 12.6. The fourth-order valence-corrected chi connectivity index (χ4v) is 3.99. The summed E-state index contributed by atoms with van der Waals surface area (Å²) in [5.41, 5.74) is 2.90. The molecule has 1 atom stereocenters. The highest BCUT2D eigenvalue weighted by atomic mass is 16.5. The fourth-order valence-electron chi connectivity index (χ4n) is 3.99. The molecule has 0 aromatic heterocycles. The Morgan fingerprint density at radius 2 is 1.77 bits per heavy atom. The van der Waals surface area contributed by atoms with Gasteiger partial charge in [-0.15, -0.1) is 0 Å². The number of nitrogens with zero attached hydrogens (tertiary/aromatic N) is 1. The zero-order valence-electron chi connectivity index (χ0n) is 21.1. The highest BCUT2D eigenvalue weighted by Gasteiger charge is 2.21. The number of rotatable bonds is 12. The normalized spacial score (nSPS) is 18.5. The number of hydrogen-bond acceptors (Lipinski definition) is 4. The van der Waals surface area contributed by atoms with Gasteiger partial charge in [0, 0.05) is 38.4 Å². The van der Waals surface area contributed by atoms with E-state index in [2.05, 4.69) is 76.0 Å². The molecule has 0 amide bonds. The van der Waals surface area contributed by atoms with E-state index >= 15 is 0 Å². The second kappa shape index (κ2) is 12.9.